The van der Waals surface area contributed by atoms with Crippen LogP contribution in [0.5, 0.6) is 0 Å². The fourth-order valence-corrected chi connectivity index (χ4v) is 2.90. The first-order valence-electron chi connectivity index (χ1n) is 7.77. The van der Waals surface area contributed by atoms with Gasteiger partial charge in [-0.3, -0.25) is 9.59 Å². The number of rotatable bonds is 4. The Morgan fingerprint density at radius 3 is 2.75 bits per heavy atom. The van der Waals surface area contributed by atoms with E-state index in [-0.39, 0.29) is 23.6 Å². The lowest BCUT2D eigenvalue weighted by Gasteiger charge is -2.10. The van der Waals surface area contributed by atoms with Crippen molar-refractivity contribution in [1.29, 1.82) is 0 Å². The number of pyridine rings is 1. The summed E-state index contributed by atoms with van der Waals surface area (Å²) in [6.45, 7) is -0.166. The third-order valence-corrected chi connectivity index (χ3v) is 4.10. The van der Waals surface area contributed by atoms with Gasteiger partial charge in [-0.2, -0.15) is 0 Å². The molecule has 24 heavy (non-hydrogen) atoms. The van der Waals surface area contributed by atoms with E-state index in [1.807, 2.05) is 18.2 Å². The smallest absolute Gasteiger partial charge is 0.339 e. The summed E-state index contributed by atoms with van der Waals surface area (Å²) in [5.74, 6) is -0.875. The highest BCUT2D eigenvalue weighted by atomic mass is 16.5. The van der Waals surface area contributed by atoms with Crippen molar-refractivity contribution >= 4 is 17.6 Å². The Bertz CT molecular complexity index is 854. The molecule has 124 valence electrons. The van der Waals surface area contributed by atoms with Crippen LogP contribution in [-0.4, -0.2) is 23.6 Å². The van der Waals surface area contributed by atoms with Gasteiger partial charge in [0.1, 0.15) is 6.54 Å². The number of anilines is 1. The maximum absolute atomic E-state index is 12.2. The van der Waals surface area contributed by atoms with E-state index < -0.39 is 5.97 Å². The number of nitrogens with zero attached hydrogens (tertiary/aromatic N) is 1. The zero-order valence-corrected chi connectivity index (χ0v) is 13.4. The minimum absolute atomic E-state index is 0.166. The Morgan fingerprint density at radius 2 is 1.96 bits per heavy atom. The molecule has 0 atom stereocenters. The van der Waals surface area contributed by atoms with Crippen molar-refractivity contribution in [2.45, 2.75) is 25.8 Å². The second-order valence-corrected chi connectivity index (χ2v) is 5.76. The predicted molar refractivity (Wildman–Crippen MR) is 89.1 cm³/mol. The highest BCUT2D eigenvalue weighted by Gasteiger charge is 2.13. The molecule has 1 amide bonds. The number of benzene rings is 1. The van der Waals surface area contributed by atoms with Crippen LogP contribution in [0.2, 0.25) is 0 Å². The molecule has 1 aliphatic carbocycles. The fourth-order valence-electron chi connectivity index (χ4n) is 2.90. The third-order valence-electron chi connectivity index (χ3n) is 4.10. The van der Waals surface area contributed by atoms with Crippen LogP contribution >= 0.6 is 0 Å². The number of hydrogen-bond acceptors (Lipinski definition) is 4. The van der Waals surface area contributed by atoms with Gasteiger partial charge in [-0.15, -0.1) is 0 Å². The topological polar surface area (TPSA) is 77.4 Å². The summed E-state index contributed by atoms with van der Waals surface area (Å²) < 4.78 is 5.81. The number of methoxy groups -OCH3 is 1. The first kappa shape index (κ1) is 16.0. The SMILES string of the molecule is COC(=O)c1ccc(=O)n(CC(=O)Nc2ccc3c(c2)CCC3)c1. The van der Waals surface area contributed by atoms with Crippen molar-refractivity contribution in [2.75, 3.05) is 12.4 Å². The summed E-state index contributed by atoms with van der Waals surface area (Å²) in [5, 5.41) is 2.80. The number of aromatic nitrogens is 1. The van der Waals surface area contributed by atoms with Crippen LogP contribution in [0.1, 0.15) is 27.9 Å². The average molecular weight is 326 g/mol. The van der Waals surface area contributed by atoms with Crippen LogP contribution in [0.4, 0.5) is 5.69 Å². The molecule has 0 unspecified atom stereocenters. The van der Waals surface area contributed by atoms with Crippen molar-refractivity contribution in [1.82, 2.24) is 4.57 Å². The van der Waals surface area contributed by atoms with Crippen LogP contribution in [0, 0.1) is 0 Å². The molecule has 0 aliphatic heterocycles. The van der Waals surface area contributed by atoms with Gasteiger partial charge < -0.3 is 14.6 Å². The van der Waals surface area contributed by atoms with Crippen molar-refractivity contribution in [3.8, 4) is 0 Å². The number of fused-ring (bicyclic) bond motifs is 1. The molecule has 1 N–H and O–H groups in total. The highest BCUT2D eigenvalue weighted by Crippen LogP contribution is 2.24. The molecule has 0 bridgehead atoms. The normalized spacial score (nSPS) is 12.5. The standard InChI is InChI=1S/C18H18N2O4/c1-24-18(23)14-6-8-17(22)20(10-14)11-16(21)19-15-7-5-12-3-2-4-13(12)9-15/h5-10H,2-4,11H2,1H3,(H,19,21). The lowest BCUT2D eigenvalue weighted by molar-refractivity contribution is -0.116. The monoisotopic (exact) mass is 326 g/mol. The first-order valence-corrected chi connectivity index (χ1v) is 7.77. The van der Waals surface area contributed by atoms with E-state index >= 15 is 0 Å². The van der Waals surface area contributed by atoms with E-state index in [1.54, 1.807) is 0 Å². The van der Waals surface area contributed by atoms with Crippen LogP contribution in [0.15, 0.2) is 41.3 Å². The van der Waals surface area contributed by atoms with Gasteiger partial charge in [-0.05, 0) is 48.6 Å². The second kappa shape index (κ2) is 6.70. The number of aryl methyl sites for hydroxylation is 2. The van der Waals surface area contributed by atoms with E-state index in [2.05, 4.69) is 10.1 Å². The van der Waals surface area contributed by atoms with Gasteiger partial charge in [0, 0.05) is 18.0 Å². The van der Waals surface area contributed by atoms with Gasteiger partial charge in [0.15, 0.2) is 0 Å². The molecule has 1 aliphatic rings. The average Bonchev–Trinajstić information content (AvgIpc) is 3.03. The lowest BCUT2D eigenvalue weighted by Crippen LogP contribution is -2.27. The quantitative estimate of drug-likeness (QED) is 0.869. The maximum atomic E-state index is 12.2. The highest BCUT2D eigenvalue weighted by molar-refractivity contribution is 5.91. The van der Waals surface area contributed by atoms with E-state index in [9.17, 15) is 14.4 Å². The molecule has 0 saturated heterocycles. The molecule has 0 saturated carbocycles. The number of nitrogens with one attached hydrogen (secondary N) is 1. The molecule has 6 heteroatoms. The molecule has 0 radical (unpaired) electrons. The van der Waals surface area contributed by atoms with Gasteiger partial charge in [-0.1, -0.05) is 6.07 Å². The summed E-state index contributed by atoms with van der Waals surface area (Å²) in [7, 11) is 1.26. The molecular weight excluding hydrogens is 308 g/mol. The lowest BCUT2D eigenvalue weighted by atomic mass is 10.1. The molecule has 0 fully saturated rings. The summed E-state index contributed by atoms with van der Waals surface area (Å²) in [6, 6.07) is 8.50. The van der Waals surface area contributed by atoms with E-state index in [1.165, 1.54) is 41.1 Å². The summed E-state index contributed by atoms with van der Waals surface area (Å²) in [5.41, 5.74) is 3.18. The Kier molecular flexibility index (Phi) is 4.46. The second-order valence-electron chi connectivity index (χ2n) is 5.76. The van der Waals surface area contributed by atoms with Crippen LogP contribution < -0.4 is 10.9 Å². The van der Waals surface area contributed by atoms with Crippen molar-refractivity contribution < 1.29 is 14.3 Å². The molecule has 2 aromatic rings. The Labute approximate surface area is 139 Å². The Hall–Kier alpha value is -2.89. The van der Waals surface area contributed by atoms with Gasteiger partial charge in [-0.25, -0.2) is 4.79 Å². The van der Waals surface area contributed by atoms with E-state index in [0.29, 0.717) is 0 Å². The predicted octanol–water partition coefficient (Wildman–Crippen LogP) is 1.76. The van der Waals surface area contributed by atoms with Crippen molar-refractivity contribution in [3.63, 3.8) is 0 Å². The third kappa shape index (κ3) is 3.37. The number of amides is 1. The Balaban J connectivity index is 1.73. The first-order chi connectivity index (χ1) is 11.6. The number of esters is 1. The number of ether oxygens (including phenoxy) is 1. The summed E-state index contributed by atoms with van der Waals surface area (Å²) in [6.07, 6.45) is 4.58. The number of hydrogen-bond donors (Lipinski definition) is 1. The molecule has 1 aromatic carbocycles. The summed E-state index contributed by atoms with van der Waals surface area (Å²) >= 11 is 0. The largest absolute Gasteiger partial charge is 0.465 e. The Morgan fingerprint density at radius 1 is 1.17 bits per heavy atom. The summed E-state index contributed by atoms with van der Waals surface area (Å²) in [4.78, 5) is 35.6. The van der Waals surface area contributed by atoms with Gasteiger partial charge in [0.2, 0.25) is 5.91 Å². The van der Waals surface area contributed by atoms with Crippen molar-refractivity contribution in [2.24, 2.45) is 0 Å². The minimum Gasteiger partial charge on any atom is -0.465 e. The zero-order valence-electron chi connectivity index (χ0n) is 13.4. The minimum atomic E-state index is -0.553. The van der Waals surface area contributed by atoms with E-state index in [4.69, 9.17) is 0 Å². The molecule has 1 heterocycles. The number of carbonyl (C=O) groups is 2. The maximum Gasteiger partial charge on any atom is 0.339 e. The fraction of sp³-hybridized carbons (Fsp3) is 0.278. The zero-order chi connectivity index (χ0) is 17.1. The number of carbonyl (C=O) groups excluding carboxylic acids is 2. The van der Waals surface area contributed by atoms with Crippen LogP contribution in [-0.2, 0) is 28.9 Å². The van der Waals surface area contributed by atoms with Gasteiger partial charge in [0.05, 0.1) is 12.7 Å². The van der Waals surface area contributed by atoms with Crippen LogP contribution in [0.25, 0.3) is 0 Å². The van der Waals surface area contributed by atoms with Crippen LogP contribution in [0.3, 0.4) is 0 Å². The van der Waals surface area contributed by atoms with Crippen molar-refractivity contribution in [3.05, 3.63) is 63.6 Å². The molecule has 6 nitrogen and oxygen atoms in total. The van der Waals surface area contributed by atoms with Gasteiger partial charge >= 0.3 is 5.97 Å². The van der Waals surface area contributed by atoms with Gasteiger partial charge in [0.25, 0.3) is 5.56 Å². The molecular formula is C18H18N2O4. The molecule has 3 rings (SSSR count). The van der Waals surface area contributed by atoms with E-state index in [0.717, 1.165) is 24.9 Å². The molecule has 0 spiro atoms. The molecule has 1 aromatic heterocycles.